The van der Waals surface area contributed by atoms with Crippen LogP contribution in [0.1, 0.15) is 25.5 Å². The number of hydrogen-bond donors (Lipinski definition) is 0. The zero-order chi connectivity index (χ0) is 11.7. The van der Waals surface area contributed by atoms with Gasteiger partial charge in [-0.25, -0.2) is 0 Å². The third kappa shape index (κ3) is 2.05. The fourth-order valence-corrected chi connectivity index (χ4v) is 2.16. The average Bonchev–Trinajstić information content (AvgIpc) is 2.61. The van der Waals surface area contributed by atoms with E-state index in [4.69, 9.17) is 0 Å². The molecule has 0 saturated carbocycles. The summed E-state index contributed by atoms with van der Waals surface area (Å²) in [6.45, 7) is 6.36. The molecule has 1 aromatic heterocycles. The number of rotatable bonds is 2. The van der Waals surface area contributed by atoms with E-state index in [-0.39, 0.29) is 0 Å². The third-order valence-electron chi connectivity index (χ3n) is 2.62. The van der Waals surface area contributed by atoms with Crippen LogP contribution in [0.4, 0.5) is 0 Å². The van der Waals surface area contributed by atoms with Crippen LogP contribution in [0.25, 0.3) is 11.3 Å². The maximum absolute atomic E-state index is 4.61. The second kappa shape index (κ2) is 4.42. The Morgan fingerprint density at radius 1 is 1.25 bits per heavy atom. The number of nitrogens with zero attached hydrogens (tertiary/aromatic N) is 2. The quantitative estimate of drug-likeness (QED) is 0.805. The Morgan fingerprint density at radius 2 is 1.94 bits per heavy atom. The summed E-state index contributed by atoms with van der Waals surface area (Å²) in [7, 11) is 0. The Bertz CT molecular complexity index is 500. The first-order valence-corrected chi connectivity index (χ1v) is 6.19. The van der Waals surface area contributed by atoms with Crippen LogP contribution in [0.2, 0.25) is 0 Å². The van der Waals surface area contributed by atoms with Crippen molar-refractivity contribution >= 4 is 15.9 Å². The van der Waals surface area contributed by atoms with Crippen molar-refractivity contribution in [3.8, 4) is 11.3 Å². The van der Waals surface area contributed by atoms with Gasteiger partial charge in [-0.05, 0) is 42.3 Å². The van der Waals surface area contributed by atoms with Crippen LogP contribution in [0.5, 0.6) is 0 Å². The van der Waals surface area contributed by atoms with Crippen LogP contribution in [0, 0.1) is 6.92 Å². The summed E-state index contributed by atoms with van der Waals surface area (Å²) in [5.41, 5.74) is 3.46. The summed E-state index contributed by atoms with van der Waals surface area (Å²) >= 11 is 3.57. The molecule has 0 radical (unpaired) electrons. The van der Waals surface area contributed by atoms with Gasteiger partial charge in [-0.15, -0.1) is 0 Å². The maximum Gasteiger partial charge on any atom is 0.107 e. The van der Waals surface area contributed by atoms with Crippen molar-refractivity contribution in [2.75, 3.05) is 0 Å². The molecule has 2 nitrogen and oxygen atoms in total. The molecule has 0 unspecified atom stereocenters. The Morgan fingerprint density at radius 3 is 2.50 bits per heavy atom. The monoisotopic (exact) mass is 278 g/mol. The van der Waals surface area contributed by atoms with Gasteiger partial charge in [0.1, 0.15) is 5.69 Å². The summed E-state index contributed by atoms with van der Waals surface area (Å²) in [6, 6.07) is 8.69. The molecule has 3 heteroatoms. The van der Waals surface area contributed by atoms with Gasteiger partial charge in [-0.2, -0.15) is 5.10 Å². The second-order valence-corrected chi connectivity index (χ2v) is 5.07. The Hall–Kier alpha value is -1.09. The molecule has 1 aromatic carbocycles. The molecule has 0 fully saturated rings. The fraction of sp³-hybridized carbons (Fsp3) is 0.308. The molecular formula is C13H15BrN2. The van der Waals surface area contributed by atoms with Crippen LogP contribution < -0.4 is 0 Å². The van der Waals surface area contributed by atoms with E-state index in [1.807, 2.05) is 23.0 Å². The molecule has 2 aromatic rings. The highest BCUT2D eigenvalue weighted by atomic mass is 79.9. The van der Waals surface area contributed by atoms with Crippen LogP contribution in [-0.4, -0.2) is 9.78 Å². The molecule has 1 heterocycles. The molecule has 0 amide bonds. The first-order valence-electron chi connectivity index (χ1n) is 5.40. The molecule has 84 valence electrons. The molecule has 2 rings (SSSR count). The molecule has 0 aliphatic heterocycles. The van der Waals surface area contributed by atoms with Crippen molar-refractivity contribution in [3.63, 3.8) is 0 Å². The van der Waals surface area contributed by atoms with Crippen LogP contribution in [0.3, 0.4) is 0 Å². The molecule has 0 atom stereocenters. The second-order valence-electron chi connectivity index (χ2n) is 4.21. The van der Waals surface area contributed by atoms with Gasteiger partial charge in [-0.3, -0.25) is 4.68 Å². The number of aryl methyl sites for hydroxylation is 1. The highest BCUT2D eigenvalue weighted by Gasteiger charge is 2.11. The average molecular weight is 279 g/mol. The molecule has 0 aliphatic rings. The van der Waals surface area contributed by atoms with Crippen molar-refractivity contribution in [2.45, 2.75) is 26.8 Å². The van der Waals surface area contributed by atoms with Crippen molar-refractivity contribution in [3.05, 3.63) is 40.5 Å². The fourth-order valence-electron chi connectivity index (χ4n) is 1.66. The first-order chi connectivity index (χ1) is 7.59. The summed E-state index contributed by atoms with van der Waals surface area (Å²) in [6.07, 6.45) is 2.03. The van der Waals surface area contributed by atoms with Gasteiger partial charge in [0.05, 0.1) is 4.47 Å². The minimum absolute atomic E-state index is 0.383. The largest absolute Gasteiger partial charge is 0.268 e. The predicted molar refractivity (Wildman–Crippen MR) is 70.5 cm³/mol. The standard InChI is InChI=1S/C13H15BrN2/c1-9(2)16-8-12(14)13(15-16)11-7-5-4-6-10(11)3/h4-9H,1-3H3. The number of hydrogen-bond acceptors (Lipinski definition) is 1. The summed E-state index contributed by atoms with van der Waals surface area (Å²) in [4.78, 5) is 0. The molecule has 0 saturated heterocycles. The lowest BCUT2D eigenvalue weighted by Crippen LogP contribution is -2.00. The first kappa shape index (κ1) is 11.4. The minimum atomic E-state index is 0.383. The zero-order valence-corrected chi connectivity index (χ0v) is 11.3. The van der Waals surface area contributed by atoms with E-state index in [0.29, 0.717) is 6.04 Å². The Balaban J connectivity index is 2.52. The predicted octanol–water partition coefficient (Wildman–Crippen LogP) is 4.20. The minimum Gasteiger partial charge on any atom is -0.268 e. The SMILES string of the molecule is Cc1ccccc1-c1nn(C(C)C)cc1Br. The highest BCUT2D eigenvalue weighted by Crippen LogP contribution is 2.29. The number of benzene rings is 1. The lowest BCUT2D eigenvalue weighted by atomic mass is 10.1. The van der Waals surface area contributed by atoms with Crippen LogP contribution >= 0.6 is 15.9 Å². The molecular weight excluding hydrogens is 264 g/mol. The van der Waals surface area contributed by atoms with Gasteiger partial charge in [0.2, 0.25) is 0 Å². The van der Waals surface area contributed by atoms with Gasteiger partial charge in [0.25, 0.3) is 0 Å². The summed E-state index contributed by atoms with van der Waals surface area (Å²) in [5, 5.41) is 4.61. The molecule has 0 bridgehead atoms. The van der Waals surface area contributed by atoms with Crippen LogP contribution in [0.15, 0.2) is 34.9 Å². The van der Waals surface area contributed by atoms with Gasteiger partial charge in [-0.1, -0.05) is 24.3 Å². The molecule has 0 spiro atoms. The van der Waals surface area contributed by atoms with Crippen molar-refractivity contribution in [1.29, 1.82) is 0 Å². The Labute approximate surface area is 104 Å². The molecule has 16 heavy (non-hydrogen) atoms. The molecule has 0 aliphatic carbocycles. The van der Waals surface area contributed by atoms with E-state index >= 15 is 0 Å². The third-order valence-corrected chi connectivity index (χ3v) is 3.20. The van der Waals surface area contributed by atoms with E-state index in [2.05, 4.69) is 53.9 Å². The highest BCUT2D eigenvalue weighted by molar-refractivity contribution is 9.10. The summed E-state index contributed by atoms with van der Waals surface area (Å²) in [5.74, 6) is 0. The van der Waals surface area contributed by atoms with Gasteiger partial charge in [0.15, 0.2) is 0 Å². The van der Waals surface area contributed by atoms with E-state index in [1.54, 1.807) is 0 Å². The topological polar surface area (TPSA) is 17.8 Å². The normalized spacial score (nSPS) is 11.1. The number of halogens is 1. The lowest BCUT2D eigenvalue weighted by Gasteiger charge is -2.04. The van der Waals surface area contributed by atoms with E-state index < -0.39 is 0 Å². The van der Waals surface area contributed by atoms with Gasteiger partial charge < -0.3 is 0 Å². The van der Waals surface area contributed by atoms with E-state index in [0.717, 1.165) is 10.2 Å². The smallest absolute Gasteiger partial charge is 0.107 e. The van der Waals surface area contributed by atoms with E-state index in [1.165, 1.54) is 11.1 Å². The molecule has 0 N–H and O–H groups in total. The van der Waals surface area contributed by atoms with Crippen molar-refractivity contribution in [2.24, 2.45) is 0 Å². The summed E-state index contributed by atoms with van der Waals surface area (Å²) < 4.78 is 3.03. The van der Waals surface area contributed by atoms with Crippen molar-refractivity contribution in [1.82, 2.24) is 9.78 Å². The zero-order valence-electron chi connectivity index (χ0n) is 9.74. The maximum atomic E-state index is 4.61. The van der Waals surface area contributed by atoms with Gasteiger partial charge in [0, 0.05) is 17.8 Å². The number of aromatic nitrogens is 2. The van der Waals surface area contributed by atoms with Gasteiger partial charge >= 0.3 is 0 Å². The van der Waals surface area contributed by atoms with Crippen molar-refractivity contribution < 1.29 is 0 Å². The lowest BCUT2D eigenvalue weighted by molar-refractivity contribution is 0.533. The van der Waals surface area contributed by atoms with Crippen LogP contribution in [-0.2, 0) is 0 Å². The van der Waals surface area contributed by atoms with E-state index in [9.17, 15) is 0 Å². The Kier molecular flexibility index (Phi) is 3.15.